The van der Waals surface area contributed by atoms with Crippen molar-refractivity contribution in [1.82, 2.24) is 4.57 Å². The summed E-state index contributed by atoms with van der Waals surface area (Å²) in [6.45, 7) is 0. The van der Waals surface area contributed by atoms with Gasteiger partial charge < -0.3 is 9.47 Å². The van der Waals surface area contributed by atoms with Gasteiger partial charge in [0.25, 0.3) is 0 Å². The molecule has 348 valence electrons. The molecule has 0 aliphatic heterocycles. The van der Waals surface area contributed by atoms with Gasteiger partial charge in [0, 0.05) is 33.4 Å². The maximum Gasteiger partial charge on any atom is 0.0547 e. The van der Waals surface area contributed by atoms with Crippen molar-refractivity contribution in [2.75, 3.05) is 4.90 Å². The van der Waals surface area contributed by atoms with Crippen LogP contribution >= 0.6 is 0 Å². The van der Waals surface area contributed by atoms with Crippen LogP contribution in [0.5, 0.6) is 0 Å². The molecule has 74 heavy (non-hydrogen) atoms. The van der Waals surface area contributed by atoms with Gasteiger partial charge in [-0.25, -0.2) is 0 Å². The maximum absolute atomic E-state index is 2.43. The van der Waals surface area contributed by atoms with Crippen molar-refractivity contribution in [3.8, 4) is 83.6 Å². The molecule has 0 amide bonds. The molecule has 0 fully saturated rings. The fourth-order valence-electron chi connectivity index (χ4n) is 10.9. The first kappa shape index (κ1) is 44.2. The van der Waals surface area contributed by atoms with Gasteiger partial charge in [-0.1, -0.05) is 231 Å². The Balaban J connectivity index is 0.950. The smallest absolute Gasteiger partial charge is 0.0547 e. The summed E-state index contributed by atoms with van der Waals surface area (Å²) in [7, 11) is 0. The van der Waals surface area contributed by atoms with Crippen molar-refractivity contribution < 1.29 is 0 Å². The Morgan fingerprint density at radius 2 is 0.595 bits per heavy atom. The van der Waals surface area contributed by atoms with Crippen LogP contribution in [0.4, 0.5) is 17.1 Å². The third-order valence-corrected chi connectivity index (χ3v) is 14.4. The van der Waals surface area contributed by atoms with Crippen LogP contribution in [0.15, 0.2) is 303 Å². The Bertz CT molecular complexity index is 4030. The fourth-order valence-corrected chi connectivity index (χ4v) is 10.9. The largest absolute Gasteiger partial charge is 0.310 e. The molecular weight excluding hydrogens is 893 g/mol. The lowest BCUT2D eigenvalue weighted by Gasteiger charge is -2.29. The summed E-state index contributed by atoms with van der Waals surface area (Å²) in [4.78, 5) is 2.43. The van der Waals surface area contributed by atoms with Gasteiger partial charge in [0.2, 0.25) is 0 Å². The molecule has 2 heteroatoms. The number of para-hydroxylation sites is 3. The first-order valence-corrected chi connectivity index (χ1v) is 25.4. The third-order valence-electron chi connectivity index (χ3n) is 14.4. The van der Waals surface area contributed by atoms with Gasteiger partial charge in [-0.3, -0.25) is 0 Å². The molecule has 13 rings (SSSR count). The molecule has 0 atom stereocenters. The van der Waals surface area contributed by atoms with E-state index in [0.717, 1.165) is 45.0 Å². The molecule has 0 radical (unpaired) electrons. The summed E-state index contributed by atoms with van der Waals surface area (Å²) < 4.78 is 2.39. The van der Waals surface area contributed by atoms with E-state index in [4.69, 9.17) is 0 Å². The zero-order chi connectivity index (χ0) is 49.2. The highest BCUT2D eigenvalue weighted by molar-refractivity contribution is 6.10. The topological polar surface area (TPSA) is 8.17 Å². The Hall–Kier alpha value is -9.76. The molecular formula is C72H50N2. The first-order chi connectivity index (χ1) is 36.7. The van der Waals surface area contributed by atoms with Gasteiger partial charge in [0.05, 0.1) is 16.7 Å². The number of hydrogen-bond donors (Lipinski definition) is 0. The van der Waals surface area contributed by atoms with Crippen LogP contribution in [0.2, 0.25) is 0 Å². The van der Waals surface area contributed by atoms with Crippen molar-refractivity contribution in [1.29, 1.82) is 0 Å². The summed E-state index contributed by atoms with van der Waals surface area (Å²) in [6, 6.07) is 110. The van der Waals surface area contributed by atoms with Gasteiger partial charge in [-0.2, -0.15) is 0 Å². The molecule has 0 saturated heterocycles. The van der Waals surface area contributed by atoms with Gasteiger partial charge >= 0.3 is 0 Å². The summed E-state index contributed by atoms with van der Waals surface area (Å²) in [5.41, 5.74) is 23.2. The second kappa shape index (κ2) is 19.4. The number of aromatic nitrogens is 1. The zero-order valence-corrected chi connectivity index (χ0v) is 40.8. The molecule has 13 aromatic rings. The number of anilines is 3. The third kappa shape index (κ3) is 8.35. The summed E-state index contributed by atoms with van der Waals surface area (Å²) in [6.07, 6.45) is 0. The van der Waals surface area contributed by atoms with Crippen molar-refractivity contribution in [2.45, 2.75) is 0 Å². The van der Waals surface area contributed by atoms with Crippen LogP contribution in [0.25, 0.3) is 105 Å². The normalized spacial score (nSPS) is 11.2. The zero-order valence-electron chi connectivity index (χ0n) is 40.8. The highest BCUT2D eigenvalue weighted by Gasteiger charge is 2.21. The number of hydrogen-bond acceptors (Lipinski definition) is 1. The van der Waals surface area contributed by atoms with Gasteiger partial charge in [-0.15, -0.1) is 0 Å². The minimum Gasteiger partial charge on any atom is -0.310 e. The SMILES string of the molecule is c1ccc(-c2cc(-c3ccccc3)cc(-c3ccc(N(c4ccc(-c5ccc6c7ccccc7n(-c7ccccc7)c6c5)cc4)c4ccccc4-c4ccccc4-c4ccccc4-c4ccccc4)cc3)c2)cc1. The Morgan fingerprint density at radius 3 is 1.16 bits per heavy atom. The summed E-state index contributed by atoms with van der Waals surface area (Å²) in [5, 5.41) is 2.49. The lowest BCUT2D eigenvalue weighted by molar-refractivity contribution is 1.18. The molecule has 0 bridgehead atoms. The van der Waals surface area contributed by atoms with Gasteiger partial charge in [-0.05, 0) is 145 Å². The number of fused-ring (bicyclic) bond motifs is 3. The number of rotatable bonds is 11. The molecule has 12 aromatic carbocycles. The molecule has 0 aliphatic rings. The maximum atomic E-state index is 2.43. The van der Waals surface area contributed by atoms with E-state index >= 15 is 0 Å². The van der Waals surface area contributed by atoms with Crippen LogP contribution in [0.3, 0.4) is 0 Å². The molecule has 0 unspecified atom stereocenters. The minimum absolute atomic E-state index is 1.06. The standard InChI is InChI=1S/C72H50N2/c1-5-21-51(22-6-1)57-47-58(52-23-7-2-8-24-52)49-59(48-57)54-39-44-62(45-40-54)73(70-35-19-17-33-67(70)66-32-16-15-31-65(66)64-30-14-13-29-63(64)55-25-9-3-10-26-55)61-42-37-53(38-43-61)56-41-46-69-68-34-18-20-36-71(68)74(72(69)50-56)60-27-11-4-12-28-60/h1-50H. The second-order valence-corrected chi connectivity index (χ2v) is 18.9. The molecule has 0 N–H and O–H groups in total. The van der Waals surface area contributed by atoms with E-state index in [9.17, 15) is 0 Å². The molecule has 0 saturated carbocycles. The van der Waals surface area contributed by atoms with Gasteiger partial charge in [0.1, 0.15) is 0 Å². The van der Waals surface area contributed by atoms with Crippen LogP contribution < -0.4 is 4.90 Å². The van der Waals surface area contributed by atoms with Crippen molar-refractivity contribution in [3.63, 3.8) is 0 Å². The quantitative estimate of drug-likeness (QED) is 0.125. The van der Waals surface area contributed by atoms with Crippen molar-refractivity contribution in [3.05, 3.63) is 303 Å². The average Bonchev–Trinajstić information content (AvgIpc) is 3.82. The minimum atomic E-state index is 1.06. The van der Waals surface area contributed by atoms with Crippen LogP contribution in [-0.2, 0) is 0 Å². The predicted molar refractivity (Wildman–Crippen MR) is 314 cm³/mol. The lowest BCUT2D eigenvalue weighted by Crippen LogP contribution is -2.11. The van der Waals surface area contributed by atoms with E-state index in [-0.39, 0.29) is 0 Å². The van der Waals surface area contributed by atoms with E-state index in [1.807, 2.05) is 0 Å². The summed E-state index contributed by atoms with van der Waals surface area (Å²) >= 11 is 0. The molecule has 1 aromatic heterocycles. The first-order valence-electron chi connectivity index (χ1n) is 25.4. The Labute approximate surface area is 433 Å². The summed E-state index contributed by atoms with van der Waals surface area (Å²) in [5.74, 6) is 0. The van der Waals surface area contributed by atoms with Crippen molar-refractivity contribution in [2.24, 2.45) is 0 Å². The highest BCUT2D eigenvalue weighted by Crippen LogP contribution is 2.46. The fraction of sp³-hybridized carbons (Fsp3) is 0. The number of nitrogens with zero attached hydrogens (tertiary/aromatic N) is 2. The Kier molecular flexibility index (Phi) is 11.6. The Morgan fingerprint density at radius 1 is 0.216 bits per heavy atom. The number of benzene rings is 12. The van der Waals surface area contributed by atoms with Crippen LogP contribution in [0.1, 0.15) is 0 Å². The second-order valence-electron chi connectivity index (χ2n) is 18.9. The monoisotopic (exact) mass is 942 g/mol. The highest BCUT2D eigenvalue weighted by atomic mass is 15.1. The van der Waals surface area contributed by atoms with E-state index < -0.39 is 0 Å². The van der Waals surface area contributed by atoms with E-state index in [1.54, 1.807) is 0 Å². The molecule has 1 heterocycles. The van der Waals surface area contributed by atoms with E-state index in [2.05, 4.69) is 313 Å². The lowest BCUT2D eigenvalue weighted by atomic mass is 9.88. The van der Waals surface area contributed by atoms with E-state index in [1.165, 1.54) is 77.4 Å². The van der Waals surface area contributed by atoms with Crippen LogP contribution in [0, 0.1) is 0 Å². The van der Waals surface area contributed by atoms with Crippen LogP contribution in [-0.4, -0.2) is 4.57 Å². The van der Waals surface area contributed by atoms with E-state index in [0.29, 0.717) is 0 Å². The predicted octanol–water partition coefficient (Wildman–Crippen LogP) is 19.9. The average molecular weight is 943 g/mol. The van der Waals surface area contributed by atoms with Gasteiger partial charge in [0.15, 0.2) is 0 Å². The molecule has 2 nitrogen and oxygen atoms in total. The molecule has 0 spiro atoms. The molecule has 0 aliphatic carbocycles. The van der Waals surface area contributed by atoms with Crippen molar-refractivity contribution >= 4 is 38.9 Å².